The Balaban J connectivity index is 2.01. The zero-order valence-electron chi connectivity index (χ0n) is 19.7. The summed E-state index contributed by atoms with van der Waals surface area (Å²) in [5, 5.41) is 8.74. The molecule has 0 aromatic carbocycles. The number of amides is 1. The number of aliphatic hydroxyl groups excluding tert-OH is 1. The molecule has 0 aliphatic carbocycles. The average molecular weight is 442 g/mol. The summed E-state index contributed by atoms with van der Waals surface area (Å²) >= 11 is 0. The molecule has 1 amide bonds. The summed E-state index contributed by atoms with van der Waals surface area (Å²) in [7, 11) is 0. The molecule has 0 aromatic rings. The molecular formula is C24H43NO6. The van der Waals surface area contributed by atoms with E-state index in [9.17, 15) is 4.79 Å². The average Bonchev–Trinajstić information content (AvgIpc) is 2.73. The van der Waals surface area contributed by atoms with E-state index in [1.54, 1.807) is 0 Å². The Kier molecular flexibility index (Phi) is 12.5. The lowest BCUT2D eigenvalue weighted by atomic mass is 9.79. The van der Waals surface area contributed by atoms with Crippen molar-refractivity contribution in [2.75, 3.05) is 52.7 Å². The third kappa shape index (κ3) is 8.72. The van der Waals surface area contributed by atoms with Gasteiger partial charge in [-0.05, 0) is 44.1 Å². The first-order valence-electron chi connectivity index (χ1n) is 12.1. The van der Waals surface area contributed by atoms with E-state index in [2.05, 4.69) is 13.8 Å². The molecule has 0 spiro atoms. The predicted octanol–water partition coefficient (Wildman–Crippen LogP) is 3.36. The molecule has 2 aliphatic rings. The molecule has 0 aromatic heterocycles. The maximum Gasteiger partial charge on any atom is 0.288 e. The van der Waals surface area contributed by atoms with Crippen molar-refractivity contribution in [3.8, 4) is 0 Å². The van der Waals surface area contributed by atoms with Crippen molar-refractivity contribution in [1.82, 2.24) is 4.90 Å². The van der Waals surface area contributed by atoms with Crippen LogP contribution in [0.3, 0.4) is 0 Å². The number of rotatable bonds is 12. The van der Waals surface area contributed by atoms with Gasteiger partial charge in [0.05, 0.1) is 26.4 Å². The van der Waals surface area contributed by atoms with Crippen LogP contribution in [0.15, 0.2) is 11.8 Å². The zero-order chi connectivity index (χ0) is 22.5. The molecule has 0 bridgehead atoms. The van der Waals surface area contributed by atoms with Gasteiger partial charge in [0.25, 0.3) is 5.91 Å². The fraction of sp³-hybridized carbons (Fsp3) is 0.875. The lowest BCUT2D eigenvalue weighted by Gasteiger charge is -2.39. The van der Waals surface area contributed by atoms with E-state index >= 15 is 0 Å². The number of allylic oxidation sites excluding steroid dienone is 1. The minimum atomic E-state index is -0.439. The maximum atomic E-state index is 13.2. The lowest BCUT2D eigenvalue weighted by molar-refractivity contribution is -0.180. The first-order valence-corrected chi connectivity index (χ1v) is 12.1. The van der Waals surface area contributed by atoms with Crippen molar-refractivity contribution in [1.29, 1.82) is 0 Å². The summed E-state index contributed by atoms with van der Waals surface area (Å²) in [5.74, 6) is 1.13. The fourth-order valence-electron chi connectivity index (χ4n) is 4.40. The maximum absolute atomic E-state index is 13.2. The van der Waals surface area contributed by atoms with Crippen LogP contribution in [0, 0.1) is 17.8 Å². The van der Waals surface area contributed by atoms with Gasteiger partial charge >= 0.3 is 0 Å². The SMILES string of the molecule is CCO[C@H]1OC(C(=O)N2CCCCCCC2)=C[C@@H](C(C)C)[C@H]1CCOCCOCCO. The summed E-state index contributed by atoms with van der Waals surface area (Å²) in [5.41, 5.74) is 0. The van der Waals surface area contributed by atoms with Crippen molar-refractivity contribution in [3.63, 3.8) is 0 Å². The standard InChI is InChI=1S/C24H43NO6/c1-4-30-24-20(10-14-28-16-17-29-15-13-26)21(19(2)3)18-22(31-24)23(27)25-11-8-6-5-7-9-12-25/h18-21,24,26H,4-17H2,1-3H3/t20-,21+,24+/m1/s1. The van der Waals surface area contributed by atoms with Gasteiger partial charge < -0.3 is 29.0 Å². The molecule has 0 saturated carbocycles. The molecule has 2 aliphatic heterocycles. The van der Waals surface area contributed by atoms with Crippen molar-refractivity contribution in [2.24, 2.45) is 17.8 Å². The Bertz CT molecular complexity index is 530. The van der Waals surface area contributed by atoms with Crippen molar-refractivity contribution in [3.05, 3.63) is 11.8 Å². The van der Waals surface area contributed by atoms with Gasteiger partial charge in [-0.15, -0.1) is 0 Å². The topological polar surface area (TPSA) is 77.5 Å². The smallest absolute Gasteiger partial charge is 0.288 e. The quantitative estimate of drug-likeness (QED) is 0.468. The fourth-order valence-corrected chi connectivity index (χ4v) is 4.40. The minimum absolute atomic E-state index is 0.00739. The van der Waals surface area contributed by atoms with Crippen LogP contribution >= 0.6 is 0 Å². The summed E-state index contributed by atoms with van der Waals surface area (Å²) < 4.78 is 23.1. The molecule has 7 nitrogen and oxygen atoms in total. The molecule has 1 fully saturated rings. The van der Waals surface area contributed by atoms with E-state index in [0.717, 1.165) is 32.4 Å². The molecule has 1 N–H and O–H groups in total. The Morgan fingerprint density at radius 2 is 1.74 bits per heavy atom. The van der Waals surface area contributed by atoms with Gasteiger partial charge in [-0.2, -0.15) is 0 Å². The first kappa shape index (κ1) is 26.1. The molecule has 1 saturated heterocycles. The Morgan fingerprint density at radius 1 is 1.10 bits per heavy atom. The number of carbonyl (C=O) groups is 1. The van der Waals surface area contributed by atoms with Crippen LogP contribution in [0.25, 0.3) is 0 Å². The molecule has 31 heavy (non-hydrogen) atoms. The largest absolute Gasteiger partial charge is 0.459 e. The normalized spacial score (nSPS) is 25.0. The summed E-state index contributed by atoms with van der Waals surface area (Å²) in [6.45, 7) is 10.4. The van der Waals surface area contributed by atoms with Gasteiger partial charge in [0.15, 0.2) is 5.76 Å². The molecule has 2 rings (SSSR count). The van der Waals surface area contributed by atoms with Crippen molar-refractivity contribution in [2.45, 2.75) is 65.6 Å². The highest BCUT2D eigenvalue weighted by Crippen LogP contribution is 2.37. The van der Waals surface area contributed by atoms with Gasteiger partial charge in [-0.25, -0.2) is 0 Å². The molecule has 7 heteroatoms. The molecule has 0 radical (unpaired) electrons. The highest BCUT2D eigenvalue weighted by molar-refractivity contribution is 5.91. The third-order valence-corrected chi connectivity index (χ3v) is 6.09. The number of ether oxygens (including phenoxy) is 4. The van der Waals surface area contributed by atoms with Crippen LogP contribution in [-0.4, -0.2) is 74.9 Å². The van der Waals surface area contributed by atoms with Gasteiger partial charge in [0.1, 0.15) is 0 Å². The third-order valence-electron chi connectivity index (χ3n) is 6.09. The second-order valence-corrected chi connectivity index (χ2v) is 8.75. The number of aliphatic hydroxyl groups is 1. The van der Waals surface area contributed by atoms with Gasteiger partial charge in [0, 0.05) is 32.2 Å². The van der Waals surface area contributed by atoms with Crippen LogP contribution in [0.2, 0.25) is 0 Å². The first-order chi connectivity index (χ1) is 15.1. The van der Waals surface area contributed by atoms with Crippen LogP contribution in [0.4, 0.5) is 0 Å². The van der Waals surface area contributed by atoms with Crippen LogP contribution in [0.5, 0.6) is 0 Å². The van der Waals surface area contributed by atoms with E-state index in [1.165, 1.54) is 19.3 Å². The second kappa shape index (κ2) is 14.8. The van der Waals surface area contributed by atoms with Crippen LogP contribution < -0.4 is 0 Å². The van der Waals surface area contributed by atoms with E-state index in [-0.39, 0.29) is 24.3 Å². The van der Waals surface area contributed by atoms with E-state index < -0.39 is 6.29 Å². The van der Waals surface area contributed by atoms with Crippen molar-refractivity contribution >= 4 is 5.91 Å². The second-order valence-electron chi connectivity index (χ2n) is 8.75. The van der Waals surface area contributed by atoms with Gasteiger partial charge in [-0.3, -0.25) is 4.79 Å². The van der Waals surface area contributed by atoms with Crippen LogP contribution in [0.1, 0.15) is 59.3 Å². The monoisotopic (exact) mass is 441 g/mol. The van der Waals surface area contributed by atoms with Gasteiger partial charge in [0.2, 0.25) is 6.29 Å². The van der Waals surface area contributed by atoms with E-state index in [1.807, 2.05) is 17.9 Å². The van der Waals surface area contributed by atoms with E-state index in [4.69, 9.17) is 24.1 Å². The Labute approximate surface area is 188 Å². The minimum Gasteiger partial charge on any atom is -0.459 e. The highest BCUT2D eigenvalue weighted by atomic mass is 16.7. The molecule has 3 atom stereocenters. The number of hydrogen-bond donors (Lipinski definition) is 1. The molecule has 0 unspecified atom stereocenters. The highest BCUT2D eigenvalue weighted by Gasteiger charge is 2.39. The number of hydrogen-bond acceptors (Lipinski definition) is 6. The number of carbonyl (C=O) groups excluding carboxylic acids is 1. The summed E-state index contributed by atoms with van der Waals surface area (Å²) in [6, 6.07) is 0. The Hall–Kier alpha value is -1.15. The molecule has 180 valence electrons. The molecule has 2 heterocycles. The van der Waals surface area contributed by atoms with Gasteiger partial charge in [-0.1, -0.05) is 33.1 Å². The van der Waals surface area contributed by atoms with Crippen LogP contribution in [-0.2, 0) is 23.7 Å². The van der Waals surface area contributed by atoms with E-state index in [0.29, 0.717) is 44.7 Å². The number of nitrogens with zero attached hydrogens (tertiary/aromatic N) is 1. The summed E-state index contributed by atoms with van der Waals surface area (Å²) in [6.07, 6.45) is 8.14. The lowest BCUT2D eigenvalue weighted by Crippen LogP contribution is -2.43. The molecular weight excluding hydrogens is 398 g/mol. The zero-order valence-corrected chi connectivity index (χ0v) is 19.7. The summed E-state index contributed by atoms with van der Waals surface area (Å²) in [4.78, 5) is 15.2. The number of likely N-dealkylation sites (tertiary alicyclic amines) is 1. The van der Waals surface area contributed by atoms with Crippen molar-refractivity contribution < 1.29 is 28.8 Å². The predicted molar refractivity (Wildman–Crippen MR) is 119 cm³/mol. The Morgan fingerprint density at radius 3 is 2.35 bits per heavy atom.